The average Bonchev–Trinajstić information content (AvgIpc) is 2.61. The van der Waals surface area contributed by atoms with Gasteiger partial charge in [-0.05, 0) is 64.8 Å². The largest absolute Gasteiger partial charge is 0.496 e. The van der Waals surface area contributed by atoms with Crippen molar-refractivity contribution < 1.29 is 14.3 Å². The highest BCUT2D eigenvalue weighted by Gasteiger charge is 2.10. The summed E-state index contributed by atoms with van der Waals surface area (Å²) >= 11 is 3.46. The van der Waals surface area contributed by atoms with E-state index < -0.39 is 0 Å². The van der Waals surface area contributed by atoms with Gasteiger partial charge in [-0.2, -0.15) is 0 Å². The van der Waals surface area contributed by atoms with E-state index in [4.69, 9.17) is 4.74 Å². The fraction of sp³-hybridized carbons (Fsp3) is 0.263. The molecule has 6 nitrogen and oxygen atoms in total. The molecular formula is C19H22BrN3O3. The lowest BCUT2D eigenvalue weighted by atomic mass is 10.1. The minimum absolute atomic E-state index is 0.00472. The molecule has 1 atom stereocenters. The third-order valence-corrected chi connectivity index (χ3v) is 4.35. The molecule has 0 aliphatic carbocycles. The molecule has 0 spiro atoms. The van der Waals surface area contributed by atoms with Gasteiger partial charge in [0.1, 0.15) is 5.75 Å². The van der Waals surface area contributed by atoms with E-state index in [0.717, 1.165) is 15.8 Å². The molecule has 1 unspecified atom stereocenters. The predicted molar refractivity (Wildman–Crippen MR) is 106 cm³/mol. The van der Waals surface area contributed by atoms with Crippen LogP contribution in [0, 0.1) is 0 Å². The van der Waals surface area contributed by atoms with Crippen LogP contribution in [-0.2, 0) is 9.59 Å². The number of hydrogen-bond acceptors (Lipinski definition) is 4. The van der Waals surface area contributed by atoms with Crippen LogP contribution in [-0.4, -0.2) is 25.5 Å². The van der Waals surface area contributed by atoms with Gasteiger partial charge in [-0.3, -0.25) is 9.59 Å². The Morgan fingerprint density at radius 2 is 1.69 bits per heavy atom. The summed E-state index contributed by atoms with van der Waals surface area (Å²) < 4.78 is 6.09. The maximum atomic E-state index is 12.1. The Hall–Kier alpha value is -2.38. The van der Waals surface area contributed by atoms with Crippen LogP contribution in [0.15, 0.2) is 46.9 Å². The Balaban J connectivity index is 1.86. The quantitative estimate of drug-likeness (QED) is 0.638. The Bertz CT molecular complexity index is 778. The molecule has 0 saturated carbocycles. The molecular weight excluding hydrogens is 398 g/mol. The van der Waals surface area contributed by atoms with Gasteiger partial charge in [0.2, 0.25) is 11.8 Å². The van der Waals surface area contributed by atoms with Crippen LogP contribution in [0.4, 0.5) is 11.4 Å². The number of halogens is 1. The van der Waals surface area contributed by atoms with Crippen molar-refractivity contribution in [3.05, 3.63) is 52.5 Å². The number of methoxy groups -OCH3 is 1. The molecule has 0 bridgehead atoms. The number of carbonyl (C=O) groups is 2. The number of rotatable bonds is 7. The van der Waals surface area contributed by atoms with E-state index in [-0.39, 0.29) is 24.4 Å². The van der Waals surface area contributed by atoms with Crippen LogP contribution in [0.5, 0.6) is 5.75 Å². The van der Waals surface area contributed by atoms with Crippen LogP contribution in [0.2, 0.25) is 0 Å². The molecule has 0 radical (unpaired) electrons. The molecule has 0 saturated heterocycles. The summed E-state index contributed by atoms with van der Waals surface area (Å²) in [6.45, 7) is 3.62. The molecule has 2 amide bonds. The van der Waals surface area contributed by atoms with Crippen molar-refractivity contribution in [2.45, 2.75) is 19.9 Å². The van der Waals surface area contributed by atoms with E-state index >= 15 is 0 Å². The second-order valence-corrected chi connectivity index (χ2v) is 6.66. The Labute approximate surface area is 161 Å². The molecule has 2 rings (SSSR count). The van der Waals surface area contributed by atoms with Gasteiger partial charge >= 0.3 is 0 Å². The zero-order valence-corrected chi connectivity index (χ0v) is 16.5. The average molecular weight is 420 g/mol. The van der Waals surface area contributed by atoms with Crippen molar-refractivity contribution in [1.82, 2.24) is 5.32 Å². The molecule has 2 aromatic rings. The topological polar surface area (TPSA) is 79.5 Å². The number of ether oxygens (including phenoxy) is 1. The van der Waals surface area contributed by atoms with Gasteiger partial charge < -0.3 is 20.7 Å². The molecule has 0 aliphatic heterocycles. The highest BCUT2D eigenvalue weighted by molar-refractivity contribution is 9.10. The van der Waals surface area contributed by atoms with Crippen LogP contribution < -0.4 is 20.7 Å². The highest BCUT2D eigenvalue weighted by atomic mass is 79.9. The first-order chi connectivity index (χ1) is 12.4. The summed E-state index contributed by atoms with van der Waals surface area (Å²) in [5.74, 6) is 0.489. The molecule has 0 aliphatic rings. The minimum Gasteiger partial charge on any atom is -0.496 e. The van der Waals surface area contributed by atoms with Crippen molar-refractivity contribution in [1.29, 1.82) is 0 Å². The maximum Gasteiger partial charge on any atom is 0.238 e. The molecule has 3 N–H and O–H groups in total. The second-order valence-electron chi connectivity index (χ2n) is 5.80. The normalized spacial score (nSPS) is 11.5. The highest BCUT2D eigenvalue weighted by Crippen LogP contribution is 2.27. The molecule has 26 heavy (non-hydrogen) atoms. The summed E-state index contributed by atoms with van der Waals surface area (Å²) in [7, 11) is 1.62. The lowest BCUT2D eigenvalue weighted by molar-refractivity contribution is -0.115. The number of nitrogens with one attached hydrogen (secondary N) is 3. The van der Waals surface area contributed by atoms with Crippen molar-refractivity contribution in [2.24, 2.45) is 0 Å². The number of anilines is 2. The van der Waals surface area contributed by atoms with E-state index in [2.05, 4.69) is 31.9 Å². The van der Waals surface area contributed by atoms with E-state index in [1.165, 1.54) is 6.92 Å². The van der Waals surface area contributed by atoms with Gasteiger partial charge in [-0.1, -0.05) is 6.07 Å². The Morgan fingerprint density at radius 1 is 1.08 bits per heavy atom. The van der Waals surface area contributed by atoms with E-state index in [9.17, 15) is 9.59 Å². The van der Waals surface area contributed by atoms with E-state index in [0.29, 0.717) is 11.4 Å². The summed E-state index contributed by atoms with van der Waals surface area (Å²) in [4.78, 5) is 23.1. The zero-order valence-electron chi connectivity index (χ0n) is 14.9. The molecule has 2 aromatic carbocycles. The number of amides is 2. The molecule has 138 valence electrons. The number of hydrogen-bond donors (Lipinski definition) is 3. The van der Waals surface area contributed by atoms with Crippen LogP contribution >= 0.6 is 15.9 Å². The molecule has 0 aromatic heterocycles. The Kier molecular flexibility index (Phi) is 7.17. The zero-order chi connectivity index (χ0) is 19.1. The second kappa shape index (κ2) is 9.35. The first kappa shape index (κ1) is 19.9. The third kappa shape index (κ3) is 5.86. The molecule has 0 fully saturated rings. The summed E-state index contributed by atoms with van der Waals surface area (Å²) in [6, 6.07) is 12.8. The standard InChI is InChI=1S/C19H22BrN3O3/c1-12(14-4-9-18(26-3)17(20)10-14)21-11-19(25)23-16-7-5-15(6-8-16)22-13(2)24/h4-10,12,21H,11H2,1-3H3,(H,22,24)(H,23,25). The predicted octanol–water partition coefficient (Wildman–Crippen LogP) is 3.71. The van der Waals surface area contributed by atoms with Gasteiger partial charge in [0, 0.05) is 24.3 Å². The Morgan fingerprint density at radius 3 is 2.23 bits per heavy atom. The van der Waals surface area contributed by atoms with Crippen molar-refractivity contribution in [3.8, 4) is 5.75 Å². The lowest BCUT2D eigenvalue weighted by Gasteiger charge is -2.15. The van der Waals surface area contributed by atoms with Crippen LogP contribution in [0.3, 0.4) is 0 Å². The van der Waals surface area contributed by atoms with E-state index in [1.807, 2.05) is 25.1 Å². The van der Waals surface area contributed by atoms with Crippen LogP contribution in [0.25, 0.3) is 0 Å². The molecule has 0 heterocycles. The summed E-state index contributed by atoms with van der Waals surface area (Å²) in [5, 5.41) is 8.69. The number of benzene rings is 2. The first-order valence-electron chi connectivity index (χ1n) is 8.13. The smallest absolute Gasteiger partial charge is 0.238 e. The monoisotopic (exact) mass is 419 g/mol. The van der Waals surface area contributed by atoms with Gasteiger partial charge in [-0.25, -0.2) is 0 Å². The van der Waals surface area contributed by atoms with E-state index in [1.54, 1.807) is 31.4 Å². The maximum absolute atomic E-state index is 12.1. The minimum atomic E-state index is -0.142. The lowest BCUT2D eigenvalue weighted by Crippen LogP contribution is -2.30. The van der Waals surface area contributed by atoms with Gasteiger partial charge in [0.15, 0.2) is 0 Å². The fourth-order valence-corrected chi connectivity index (χ4v) is 2.92. The summed E-state index contributed by atoms with van der Waals surface area (Å²) in [6.07, 6.45) is 0. The van der Waals surface area contributed by atoms with Crippen molar-refractivity contribution in [2.75, 3.05) is 24.3 Å². The fourth-order valence-electron chi connectivity index (χ4n) is 2.36. The first-order valence-corrected chi connectivity index (χ1v) is 8.92. The van der Waals surface area contributed by atoms with Crippen LogP contribution in [0.1, 0.15) is 25.5 Å². The van der Waals surface area contributed by atoms with Gasteiger partial charge in [-0.15, -0.1) is 0 Å². The van der Waals surface area contributed by atoms with Gasteiger partial charge in [0.05, 0.1) is 18.1 Å². The van der Waals surface area contributed by atoms with Gasteiger partial charge in [0.25, 0.3) is 0 Å². The van der Waals surface area contributed by atoms with Crippen molar-refractivity contribution in [3.63, 3.8) is 0 Å². The van der Waals surface area contributed by atoms with Crippen molar-refractivity contribution >= 4 is 39.1 Å². The molecule has 7 heteroatoms. The number of carbonyl (C=O) groups excluding carboxylic acids is 2. The summed E-state index contributed by atoms with van der Waals surface area (Å²) in [5.41, 5.74) is 2.41. The SMILES string of the molecule is COc1ccc(C(C)NCC(=O)Nc2ccc(NC(C)=O)cc2)cc1Br. The third-order valence-electron chi connectivity index (χ3n) is 3.73.